The minimum atomic E-state index is 0.204. The van der Waals surface area contributed by atoms with Crippen molar-refractivity contribution in [1.29, 1.82) is 0 Å². The van der Waals surface area contributed by atoms with E-state index >= 15 is 0 Å². The molecule has 0 aromatic heterocycles. The largest absolute Gasteiger partial charge is 0.340 e. The lowest BCUT2D eigenvalue weighted by Crippen LogP contribution is -2.49. The van der Waals surface area contributed by atoms with E-state index in [0.29, 0.717) is 12.8 Å². The monoisotopic (exact) mass is 350 g/mol. The second-order valence-electron chi connectivity index (χ2n) is 6.78. The Morgan fingerprint density at radius 1 is 0.808 bits per heavy atom. The Morgan fingerprint density at radius 3 is 2.08 bits per heavy atom. The summed E-state index contributed by atoms with van der Waals surface area (Å²) in [6, 6.07) is 19.4. The Labute approximate surface area is 155 Å². The van der Waals surface area contributed by atoms with E-state index in [2.05, 4.69) is 4.90 Å². The van der Waals surface area contributed by atoms with Gasteiger partial charge in [0.2, 0.25) is 5.91 Å². The van der Waals surface area contributed by atoms with Crippen LogP contribution in [-0.4, -0.2) is 54.2 Å². The predicted molar refractivity (Wildman–Crippen MR) is 103 cm³/mol. The number of rotatable bonds is 7. The Kier molecular flexibility index (Phi) is 6.56. The maximum atomic E-state index is 12.4. The molecule has 3 rings (SSSR count). The van der Waals surface area contributed by atoms with Gasteiger partial charge in [-0.05, 0) is 18.5 Å². The molecule has 0 saturated carbocycles. The van der Waals surface area contributed by atoms with Crippen LogP contribution < -0.4 is 0 Å². The number of piperazine rings is 1. The fourth-order valence-electron chi connectivity index (χ4n) is 3.33. The topological polar surface area (TPSA) is 40.6 Å². The van der Waals surface area contributed by atoms with Gasteiger partial charge < -0.3 is 4.90 Å². The average molecular weight is 350 g/mol. The molecule has 0 spiro atoms. The van der Waals surface area contributed by atoms with E-state index in [1.807, 2.05) is 65.6 Å². The van der Waals surface area contributed by atoms with E-state index in [1.165, 1.54) is 0 Å². The second kappa shape index (κ2) is 9.30. The molecule has 1 aliphatic rings. The SMILES string of the molecule is O=C(CCCN1CCN(C(=O)Cc2ccccc2)CC1)c1ccccc1. The summed E-state index contributed by atoms with van der Waals surface area (Å²) in [6.45, 7) is 4.25. The van der Waals surface area contributed by atoms with E-state index in [-0.39, 0.29) is 11.7 Å². The molecule has 0 unspecified atom stereocenters. The molecule has 4 nitrogen and oxygen atoms in total. The Balaban J connectivity index is 1.36. The lowest BCUT2D eigenvalue weighted by molar-refractivity contribution is -0.132. The molecule has 1 fully saturated rings. The van der Waals surface area contributed by atoms with Crippen molar-refractivity contribution in [1.82, 2.24) is 9.80 Å². The van der Waals surface area contributed by atoms with Gasteiger partial charge in [0, 0.05) is 38.2 Å². The van der Waals surface area contributed by atoms with Crippen molar-refractivity contribution in [2.45, 2.75) is 19.3 Å². The quantitative estimate of drug-likeness (QED) is 0.721. The Morgan fingerprint density at radius 2 is 1.42 bits per heavy atom. The number of hydrogen-bond donors (Lipinski definition) is 0. The van der Waals surface area contributed by atoms with Gasteiger partial charge >= 0.3 is 0 Å². The van der Waals surface area contributed by atoms with E-state index in [1.54, 1.807) is 0 Å². The van der Waals surface area contributed by atoms with Crippen molar-refractivity contribution in [3.63, 3.8) is 0 Å². The van der Waals surface area contributed by atoms with Crippen LogP contribution in [0.2, 0.25) is 0 Å². The molecule has 2 aromatic carbocycles. The highest BCUT2D eigenvalue weighted by atomic mass is 16.2. The molecule has 0 aliphatic carbocycles. The van der Waals surface area contributed by atoms with Crippen LogP contribution >= 0.6 is 0 Å². The van der Waals surface area contributed by atoms with E-state index in [4.69, 9.17) is 0 Å². The molecule has 0 radical (unpaired) electrons. The van der Waals surface area contributed by atoms with Crippen molar-refractivity contribution in [2.75, 3.05) is 32.7 Å². The maximum absolute atomic E-state index is 12.4. The first-order valence-corrected chi connectivity index (χ1v) is 9.35. The summed E-state index contributed by atoms with van der Waals surface area (Å²) >= 11 is 0. The first-order valence-electron chi connectivity index (χ1n) is 9.35. The molecule has 0 N–H and O–H groups in total. The van der Waals surface area contributed by atoms with Gasteiger partial charge in [0.05, 0.1) is 6.42 Å². The van der Waals surface area contributed by atoms with E-state index in [9.17, 15) is 9.59 Å². The number of carbonyl (C=O) groups is 2. The molecule has 1 aliphatic heterocycles. The summed E-state index contributed by atoms with van der Waals surface area (Å²) in [5.74, 6) is 0.414. The first-order chi connectivity index (χ1) is 12.7. The normalized spacial score (nSPS) is 15.0. The molecule has 0 atom stereocenters. The van der Waals surface area contributed by atoms with Gasteiger partial charge in [-0.25, -0.2) is 0 Å². The third kappa shape index (κ3) is 5.27. The fraction of sp³-hybridized carbons (Fsp3) is 0.364. The van der Waals surface area contributed by atoms with E-state index < -0.39 is 0 Å². The lowest BCUT2D eigenvalue weighted by Gasteiger charge is -2.34. The fourth-order valence-corrected chi connectivity index (χ4v) is 3.33. The maximum Gasteiger partial charge on any atom is 0.227 e. The molecule has 1 amide bonds. The third-order valence-electron chi connectivity index (χ3n) is 4.90. The van der Waals surface area contributed by atoms with Crippen LogP contribution in [0.1, 0.15) is 28.8 Å². The number of benzene rings is 2. The molecule has 26 heavy (non-hydrogen) atoms. The van der Waals surface area contributed by atoms with Crippen LogP contribution in [0.4, 0.5) is 0 Å². The van der Waals surface area contributed by atoms with Gasteiger partial charge in [0.1, 0.15) is 0 Å². The molecule has 1 heterocycles. The van der Waals surface area contributed by atoms with Gasteiger partial charge in [-0.2, -0.15) is 0 Å². The summed E-state index contributed by atoms with van der Waals surface area (Å²) < 4.78 is 0. The van der Waals surface area contributed by atoms with Crippen LogP contribution in [-0.2, 0) is 11.2 Å². The summed E-state index contributed by atoms with van der Waals surface area (Å²) in [7, 11) is 0. The van der Waals surface area contributed by atoms with Crippen molar-refractivity contribution < 1.29 is 9.59 Å². The van der Waals surface area contributed by atoms with Crippen molar-refractivity contribution in [3.8, 4) is 0 Å². The second-order valence-corrected chi connectivity index (χ2v) is 6.78. The van der Waals surface area contributed by atoms with Gasteiger partial charge in [-0.3, -0.25) is 14.5 Å². The molecule has 0 bridgehead atoms. The van der Waals surface area contributed by atoms with Crippen LogP contribution in [0.5, 0.6) is 0 Å². The smallest absolute Gasteiger partial charge is 0.227 e. The Bertz CT molecular complexity index is 707. The van der Waals surface area contributed by atoms with Crippen molar-refractivity contribution in [2.24, 2.45) is 0 Å². The number of carbonyl (C=O) groups excluding carboxylic acids is 2. The number of ketones is 1. The van der Waals surface area contributed by atoms with Crippen molar-refractivity contribution >= 4 is 11.7 Å². The van der Waals surface area contributed by atoms with Crippen molar-refractivity contribution in [3.05, 3.63) is 71.8 Å². The van der Waals surface area contributed by atoms with Gasteiger partial charge in [0.25, 0.3) is 0 Å². The molecule has 2 aromatic rings. The average Bonchev–Trinajstić information content (AvgIpc) is 2.70. The van der Waals surface area contributed by atoms with Gasteiger partial charge in [-0.1, -0.05) is 60.7 Å². The summed E-state index contributed by atoms with van der Waals surface area (Å²) in [5, 5.41) is 0. The number of hydrogen-bond acceptors (Lipinski definition) is 3. The lowest BCUT2D eigenvalue weighted by atomic mass is 10.1. The standard InChI is InChI=1S/C22H26N2O2/c25-21(20-10-5-2-6-11-20)12-7-13-23-14-16-24(17-15-23)22(26)18-19-8-3-1-4-9-19/h1-6,8-11H,7,12-18H2. The van der Waals surface area contributed by atoms with Gasteiger partial charge in [0.15, 0.2) is 5.78 Å². The van der Waals surface area contributed by atoms with Gasteiger partial charge in [-0.15, -0.1) is 0 Å². The molecule has 1 saturated heterocycles. The Hall–Kier alpha value is -2.46. The summed E-state index contributed by atoms with van der Waals surface area (Å²) in [4.78, 5) is 28.8. The number of amides is 1. The van der Waals surface area contributed by atoms with E-state index in [0.717, 1.165) is 50.3 Å². The highest BCUT2D eigenvalue weighted by Crippen LogP contribution is 2.09. The highest BCUT2D eigenvalue weighted by Gasteiger charge is 2.21. The predicted octanol–water partition coefficient (Wildman–Crippen LogP) is 3.04. The van der Waals surface area contributed by atoms with Crippen LogP contribution in [0.3, 0.4) is 0 Å². The first kappa shape index (κ1) is 18.3. The minimum absolute atomic E-state index is 0.204. The number of Topliss-reactive ketones (excluding diaryl/α,β-unsaturated/α-hetero) is 1. The zero-order valence-corrected chi connectivity index (χ0v) is 15.1. The van der Waals surface area contributed by atoms with Crippen LogP contribution in [0.25, 0.3) is 0 Å². The minimum Gasteiger partial charge on any atom is -0.340 e. The number of nitrogens with zero attached hydrogens (tertiary/aromatic N) is 2. The zero-order valence-electron chi connectivity index (χ0n) is 15.1. The zero-order chi connectivity index (χ0) is 18.2. The molecule has 136 valence electrons. The summed E-state index contributed by atoms with van der Waals surface area (Å²) in [6.07, 6.45) is 1.93. The molecule has 4 heteroatoms. The molecular weight excluding hydrogens is 324 g/mol. The molecular formula is C22H26N2O2. The van der Waals surface area contributed by atoms with Crippen LogP contribution in [0, 0.1) is 0 Å². The summed E-state index contributed by atoms with van der Waals surface area (Å²) in [5.41, 5.74) is 1.86. The third-order valence-corrected chi connectivity index (χ3v) is 4.90. The highest BCUT2D eigenvalue weighted by molar-refractivity contribution is 5.95. The van der Waals surface area contributed by atoms with Crippen LogP contribution in [0.15, 0.2) is 60.7 Å².